The highest BCUT2D eigenvalue weighted by Gasteiger charge is 2.39. The minimum absolute atomic E-state index is 0.298. The Labute approximate surface area is 126 Å². The molecule has 5 nitrogen and oxygen atoms in total. The molecule has 106 valence electrons. The first-order valence-electron chi connectivity index (χ1n) is 6.06. The first-order chi connectivity index (χ1) is 9.43. The van der Waals surface area contributed by atoms with Crippen molar-refractivity contribution in [3.05, 3.63) is 28.9 Å². The van der Waals surface area contributed by atoms with E-state index in [0.717, 1.165) is 17.3 Å². The average molecular weight is 310 g/mol. The molecule has 1 aromatic rings. The number of aryl methyl sites for hydroxylation is 1. The third-order valence-corrected chi connectivity index (χ3v) is 4.29. The lowest BCUT2D eigenvalue weighted by atomic mass is 10.2. The van der Waals surface area contributed by atoms with Crippen LogP contribution in [0.1, 0.15) is 18.9 Å². The van der Waals surface area contributed by atoms with Gasteiger partial charge in [-0.2, -0.15) is 0 Å². The molecule has 1 amide bonds. The van der Waals surface area contributed by atoms with Gasteiger partial charge < -0.3 is 9.67 Å². The van der Waals surface area contributed by atoms with Gasteiger partial charge in [-0.25, -0.2) is 4.79 Å². The summed E-state index contributed by atoms with van der Waals surface area (Å²) in [5.74, 6) is -1.37. The Bertz CT molecular complexity index is 607. The van der Waals surface area contributed by atoms with Crippen LogP contribution in [-0.4, -0.2) is 36.8 Å². The lowest BCUT2D eigenvalue weighted by molar-refractivity contribution is -0.145. The molecule has 0 aromatic carbocycles. The molecule has 1 aliphatic heterocycles. The molecule has 1 N–H and O–H groups in total. The molecule has 1 fully saturated rings. The second-order valence-electron chi connectivity index (χ2n) is 4.42. The van der Waals surface area contributed by atoms with Gasteiger partial charge in [0.05, 0.1) is 4.91 Å². The summed E-state index contributed by atoms with van der Waals surface area (Å²) in [4.78, 5) is 25.2. The fourth-order valence-electron chi connectivity index (χ4n) is 1.98. The normalized spacial score (nSPS) is 18.9. The van der Waals surface area contributed by atoms with Gasteiger partial charge >= 0.3 is 5.97 Å². The molecular formula is C13H14N2O3S2. The van der Waals surface area contributed by atoms with E-state index in [4.69, 9.17) is 17.3 Å². The minimum Gasteiger partial charge on any atom is -0.480 e. The molecule has 2 heterocycles. The summed E-state index contributed by atoms with van der Waals surface area (Å²) in [6.45, 7) is 1.72. The lowest BCUT2D eigenvalue weighted by Gasteiger charge is -2.21. The first kappa shape index (κ1) is 14.8. The highest BCUT2D eigenvalue weighted by atomic mass is 32.2. The second kappa shape index (κ2) is 5.80. The van der Waals surface area contributed by atoms with E-state index in [1.165, 1.54) is 4.90 Å². The highest BCUT2D eigenvalue weighted by molar-refractivity contribution is 8.26. The van der Waals surface area contributed by atoms with E-state index in [9.17, 15) is 9.59 Å². The number of hydrogen-bond acceptors (Lipinski definition) is 4. The number of rotatable bonds is 4. The van der Waals surface area contributed by atoms with Crippen LogP contribution in [0.3, 0.4) is 0 Å². The van der Waals surface area contributed by atoms with Gasteiger partial charge in [-0.05, 0) is 24.1 Å². The van der Waals surface area contributed by atoms with Crippen LogP contribution in [0.2, 0.25) is 0 Å². The summed E-state index contributed by atoms with van der Waals surface area (Å²) in [5.41, 5.74) is 0.886. The molecule has 0 aliphatic carbocycles. The third-order valence-electron chi connectivity index (χ3n) is 2.96. The van der Waals surface area contributed by atoms with Crippen LogP contribution in [0.4, 0.5) is 0 Å². The Morgan fingerprint density at radius 2 is 2.30 bits per heavy atom. The number of hydrogen-bond donors (Lipinski definition) is 1. The smallest absolute Gasteiger partial charge is 0.326 e. The van der Waals surface area contributed by atoms with Crippen molar-refractivity contribution in [1.29, 1.82) is 0 Å². The van der Waals surface area contributed by atoms with Crippen LogP contribution in [0.25, 0.3) is 6.08 Å². The number of carbonyl (C=O) groups excluding carboxylic acids is 1. The quantitative estimate of drug-likeness (QED) is 0.681. The Balaban J connectivity index is 2.29. The van der Waals surface area contributed by atoms with E-state index >= 15 is 0 Å². The number of aromatic nitrogens is 1. The van der Waals surface area contributed by atoms with Gasteiger partial charge in [0.2, 0.25) is 0 Å². The maximum atomic E-state index is 12.3. The van der Waals surface area contributed by atoms with E-state index in [0.29, 0.717) is 15.6 Å². The number of carboxylic acid groups (broad SMARTS) is 1. The maximum Gasteiger partial charge on any atom is 0.326 e. The molecular weight excluding hydrogens is 296 g/mol. The molecule has 1 aromatic heterocycles. The van der Waals surface area contributed by atoms with Crippen molar-refractivity contribution in [2.75, 3.05) is 0 Å². The highest BCUT2D eigenvalue weighted by Crippen LogP contribution is 2.34. The topological polar surface area (TPSA) is 62.5 Å². The Kier molecular flexibility index (Phi) is 4.29. The number of amides is 1. The summed E-state index contributed by atoms with van der Waals surface area (Å²) in [6, 6.07) is 0.977. The van der Waals surface area contributed by atoms with Crippen LogP contribution in [-0.2, 0) is 16.6 Å². The predicted octanol–water partition coefficient (Wildman–Crippen LogP) is 2.09. The summed E-state index contributed by atoms with van der Waals surface area (Å²) < 4.78 is 2.17. The van der Waals surface area contributed by atoms with Crippen LogP contribution in [0.15, 0.2) is 23.4 Å². The zero-order valence-corrected chi connectivity index (χ0v) is 12.7. The molecule has 0 saturated carbocycles. The van der Waals surface area contributed by atoms with Gasteiger partial charge in [0.1, 0.15) is 10.4 Å². The number of nitrogens with zero attached hydrogens (tertiary/aromatic N) is 2. The standard InChI is InChI=1S/C13H14N2O3S2/c1-3-9(12(17)18)15-11(16)10(20-13(15)19)6-8-4-5-14(2)7-8/h4-7,9H,3H2,1-2H3,(H,17,18)/b10-6+/t9-/m0/s1. The maximum absolute atomic E-state index is 12.3. The fourth-order valence-corrected chi connectivity index (χ4v) is 3.33. The summed E-state index contributed by atoms with van der Waals surface area (Å²) in [7, 11) is 1.89. The van der Waals surface area contributed by atoms with Crippen molar-refractivity contribution >= 4 is 46.3 Å². The van der Waals surface area contributed by atoms with Crippen molar-refractivity contribution in [3.63, 3.8) is 0 Å². The Morgan fingerprint density at radius 3 is 2.80 bits per heavy atom. The largest absolute Gasteiger partial charge is 0.480 e. The number of aliphatic carboxylic acids is 1. The van der Waals surface area contributed by atoms with Crippen molar-refractivity contribution in [1.82, 2.24) is 9.47 Å². The van der Waals surface area contributed by atoms with Gasteiger partial charge in [0.25, 0.3) is 5.91 Å². The van der Waals surface area contributed by atoms with Crippen molar-refractivity contribution in [2.45, 2.75) is 19.4 Å². The van der Waals surface area contributed by atoms with Gasteiger partial charge in [-0.3, -0.25) is 9.69 Å². The SMILES string of the molecule is CC[C@@H](C(=O)O)N1C(=O)/C(=C\c2ccn(C)c2)SC1=S. The minimum atomic E-state index is -1.04. The van der Waals surface area contributed by atoms with E-state index < -0.39 is 12.0 Å². The predicted molar refractivity (Wildman–Crippen MR) is 82.1 cm³/mol. The Morgan fingerprint density at radius 1 is 1.60 bits per heavy atom. The number of carboxylic acids is 1. The van der Waals surface area contributed by atoms with Gasteiger partial charge in [-0.15, -0.1) is 0 Å². The summed E-state index contributed by atoms with van der Waals surface area (Å²) in [6.07, 6.45) is 5.80. The van der Waals surface area contributed by atoms with Crippen LogP contribution in [0, 0.1) is 0 Å². The molecule has 7 heteroatoms. The van der Waals surface area contributed by atoms with Crippen molar-refractivity contribution in [2.24, 2.45) is 7.05 Å². The van der Waals surface area contributed by atoms with Crippen LogP contribution < -0.4 is 0 Å². The van der Waals surface area contributed by atoms with Gasteiger partial charge in [-0.1, -0.05) is 30.9 Å². The molecule has 0 radical (unpaired) electrons. The van der Waals surface area contributed by atoms with E-state index in [1.807, 2.05) is 30.1 Å². The molecule has 2 rings (SSSR count). The zero-order valence-electron chi connectivity index (χ0n) is 11.1. The lowest BCUT2D eigenvalue weighted by Crippen LogP contribution is -2.43. The molecule has 20 heavy (non-hydrogen) atoms. The fraction of sp³-hybridized carbons (Fsp3) is 0.308. The molecule has 1 aliphatic rings. The van der Waals surface area contributed by atoms with E-state index in [1.54, 1.807) is 13.0 Å². The summed E-state index contributed by atoms with van der Waals surface area (Å²) >= 11 is 6.28. The van der Waals surface area contributed by atoms with Crippen molar-refractivity contribution in [3.8, 4) is 0 Å². The van der Waals surface area contributed by atoms with E-state index in [-0.39, 0.29) is 5.91 Å². The number of thioether (sulfide) groups is 1. The monoisotopic (exact) mass is 310 g/mol. The third kappa shape index (κ3) is 2.78. The van der Waals surface area contributed by atoms with Crippen molar-refractivity contribution < 1.29 is 14.7 Å². The molecule has 1 atom stereocenters. The second-order valence-corrected chi connectivity index (χ2v) is 6.10. The van der Waals surface area contributed by atoms with Crippen LogP contribution in [0.5, 0.6) is 0 Å². The average Bonchev–Trinajstić information content (AvgIpc) is 2.89. The van der Waals surface area contributed by atoms with E-state index in [2.05, 4.69) is 0 Å². The molecule has 1 saturated heterocycles. The number of thiocarbonyl (C=S) groups is 1. The zero-order chi connectivity index (χ0) is 14.9. The molecule has 0 spiro atoms. The Hall–Kier alpha value is -1.60. The number of carbonyl (C=O) groups is 2. The van der Waals surface area contributed by atoms with Gasteiger partial charge in [0, 0.05) is 19.4 Å². The molecule has 0 bridgehead atoms. The van der Waals surface area contributed by atoms with Gasteiger partial charge in [0.15, 0.2) is 0 Å². The summed E-state index contributed by atoms with van der Waals surface area (Å²) in [5, 5.41) is 9.16. The first-order valence-corrected chi connectivity index (χ1v) is 7.28. The molecule has 0 unspecified atom stereocenters. The van der Waals surface area contributed by atoms with Crippen LogP contribution >= 0.6 is 24.0 Å².